The first kappa shape index (κ1) is 10.1. The van der Waals surface area contributed by atoms with E-state index in [1.807, 2.05) is 0 Å². The molecular weight excluding hydrogens is 188 g/mol. The molecule has 0 saturated carbocycles. The van der Waals surface area contributed by atoms with Gasteiger partial charge in [0.25, 0.3) is 0 Å². The summed E-state index contributed by atoms with van der Waals surface area (Å²) in [6, 6.07) is 7.17. The lowest BCUT2D eigenvalue weighted by molar-refractivity contribution is 0.383. The van der Waals surface area contributed by atoms with Crippen molar-refractivity contribution in [2.45, 2.75) is 0 Å². The zero-order chi connectivity index (χ0) is 9.68. The summed E-state index contributed by atoms with van der Waals surface area (Å²) in [5.74, 6) is 1.72. The second kappa shape index (κ2) is 4.87. The largest absolute Gasteiger partial charge is 0.497 e. The molecule has 1 aromatic carbocycles. The van der Waals surface area contributed by atoms with E-state index >= 15 is 0 Å². The van der Waals surface area contributed by atoms with Crippen LogP contribution in [0, 0.1) is 0 Å². The maximum Gasteiger partial charge on any atom is 0.162 e. The van der Waals surface area contributed by atoms with Crippen molar-refractivity contribution in [2.75, 3.05) is 19.3 Å². The number of ether oxygens (including phenoxy) is 2. The third-order valence-corrected chi connectivity index (χ3v) is 1.90. The molecule has 0 heterocycles. The van der Waals surface area contributed by atoms with Gasteiger partial charge >= 0.3 is 0 Å². The van der Waals surface area contributed by atoms with Gasteiger partial charge in [0.1, 0.15) is 11.5 Å². The van der Waals surface area contributed by atoms with Crippen molar-refractivity contribution in [3.05, 3.63) is 24.3 Å². The molecule has 0 aliphatic heterocycles. The first-order valence-electron chi connectivity index (χ1n) is 3.79. The van der Waals surface area contributed by atoms with E-state index in [0.717, 1.165) is 5.75 Å². The zero-order valence-electron chi connectivity index (χ0n) is 7.65. The normalized spacial score (nSPS) is 12.2. The van der Waals surface area contributed by atoms with Crippen molar-refractivity contribution in [1.82, 2.24) is 0 Å². The van der Waals surface area contributed by atoms with Gasteiger partial charge in [0.2, 0.25) is 0 Å². The molecule has 1 aromatic rings. The van der Waals surface area contributed by atoms with Gasteiger partial charge in [-0.2, -0.15) is 0 Å². The fourth-order valence-corrected chi connectivity index (χ4v) is 1.13. The van der Waals surface area contributed by atoms with Gasteiger partial charge in [-0.25, -0.2) is 0 Å². The van der Waals surface area contributed by atoms with Crippen molar-refractivity contribution in [3.63, 3.8) is 0 Å². The molecule has 0 saturated heterocycles. The van der Waals surface area contributed by atoms with Gasteiger partial charge in [0.15, 0.2) is 5.94 Å². The van der Waals surface area contributed by atoms with Gasteiger partial charge in [-0.1, -0.05) is 0 Å². The minimum Gasteiger partial charge on any atom is -0.497 e. The van der Waals surface area contributed by atoms with Crippen LogP contribution < -0.4 is 9.47 Å². The SMILES string of the molecule is COc1ccc(OCS(C)=O)cc1. The van der Waals surface area contributed by atoms with Gasteiger partial charge in [0.05, 0.1) is 17.9 Å². The molecule has 0 bridgehead atoms. The second-order valence-corrected chi connectivity index (χ2v) is 3.89. The number of hydrogen-bond acceptors (Lipinski definition) is 3. The number of benzene rings is 1. The van der Waals surface area contributed by atoms with Crippen molar-refractivity contribution in [3.8, 4) is 11.5 Å². The Morgan fingerprint density at radius 2 is 1.77 bits per heavy atom. The molecule has 72 valence electrons. The van der Waals surface area contributed by atoms with Gasteiger partial charge in [-0.3, -0.25) is 4.21 Å². The van der Waals surface area contributed by atoms with E-state index in [9.17, 15) is 4.21 Å². The molecule has 1 rings (SSSR count). The summed E-state index contributed by atoms with van der Waals surface area (Å²) in [7, 11) is 0.681. The van der Waals surface area contributed by atoms with E-state index in [2.05, 4.69) is 0 Å². The lowest BCUT2D eigenvalue weighted by atomic mass is 10.3. The van der Waals surface area contributed by atoms with E-state index in [-0.39, 0.29) is 5.94 Å². The van der Waals surface area contributed by atoms with E-state index in [1.165, 1.54) is 0 Å². The first-order chi connectivity index (χ1) is 6.22. The van der Waals surface area contributed by atoms with Crippen LogP contribution in [0.4, 0.5) is 0 Å². The van der Waals surface area contributed by atoms with Crippen LogP contribution in [0.25, 0.3) is 0 Å². The molecule has 1 unspecified atom stereocenters. The second-order valence-electron chi connectivity index (χ2n) is 2.51. The van der Waals surface area contributed by atoms with Crippen LogP contribution in [-0.4, -0.2) is 23.5 Å². The first-order valence-corrected chi connectivity index (χ1v) is 5.52. The third kappa shape index (κ3) is 3.46. The van der Waals surface area contributed by atoms with Gasteiger partial charge in [0, 0.05) is 6.26 Å². The summed E-state index contributed by atoms with van der Waals surface area (Å²) >= 11 is 0. The van der Waals surface area contributed by atoms with E-state index in [4.69, 9.17) is 9.47 Å². The smallest absolute Gasteiger partial charge is 0.162 e. The Hall–Kier alpha value is -1.03. The van der Waals surface area contributed by atoms with Crippen molar-refractivity contribution in [1.29, 1.82) is 0 Å². The standard InChI is InChI=1S/C9H12O3S/c1-11-8-3-5-9(6-4-8)12-7-13(2)10/h3-6H,7H2,1-2H3. The van der Waals surface area contributed by atoms with Crippen LogP contribution in [0.1, 0.15) is 0 Å². The van der Waals surface area contributed by atoms with E-state index < -0.39 is 10.8 Å². The van der Waals surface area contributed by atoms with Crippen LogP contribution in [0.2, 0.25) is 0 Å². The van der Waals surface area contributed by atoms with Crippen LogP contribution in [0.3, 0.4) is 0 Å². The maximum absolute atomic E-state index is 10.7. The molecule has 4 heteroatoms. The summed E-state index contributed by atoms with van der Waals surface area (Å²) in [4.78, 5) is 0. The van der Waals surface area contributed by atoms with Gasteiger partial charge < -0.3 is 9.47 Å². The molecule has 0 N–H and O–H groups in total. The monoisotopic (exact) mass is 200 g/mol. The summed E-state index contributed by atoms with van der Waals surface area (Å²) < 4.78 is 20.9. The molecular formula is C9H12O3S. The molecule has 0 aliphatic rings. The zero-order valence-corrected chi connectivity index (χ0v) is 8.47. The van der Waals surface area contributed by atoms with Crippen molar-refractivity contribution >= 4 is 10.8 Å². The highest BCUT2D eigenvalue weighted by atomic mass is 32.2. The summed E-state index contributed by atoms with van der Waals surface area (Å²) in [5.41, 5.74) is 0. The molecule has 0 radical (unpaired) electrons. The van der Waals surface area contributed by atoms with E-state index in [1.54, 1.807) is 37.6 Å². The fraction of sp³-hybridized carbons (Fsp3) is 0.333. The molecule has 0 aromatic heterocycles. The van der Waals surface area contributed by atoms with Crippen molar-refractivity contribution < 1.29 is 13.7 Å². The Kier molecular flexibility index (Phi) is 3.76. The van der Waals surface area contributed by atoms with Crippen LogP contribution in [0.5, 0.6) is 11.5 Å². The maximum atomic E-state index is 10.7. The molecule has 3 nitrogen and oxygen atoms in total. The van der Waals surface area contributed by atoms with Gasteiger partial charge in [-0.15, -0.1) is 0 Å². The minimum atomic E-state index is -0.927. The predicted octanol–water partition coefficient (Wildman–Crippen LogP) is 1.41. The summed E-state index contributed by atoms with van der Waals surface area (Å²) in [5, 5.41) is 0. The average Bonchev–Trinajstić information content (AvgIpc) is 2.15. The molecule has 0 amide bonds. The van der Waals surface area contributed by atoms with Gasteiger partial charge in [-0.05, 0) is 24.3 Å². The fourth-order valence-electron chi connectivity index (χ4n) is 0.823. The molecule has 13 heavy (non-hydrogen) atoms. The lowest BCUT2D eigenvalue weighted by Crippen LogP contribution is -2.02. The molecule has 1 atom stereocenters. The molecule has 0 spiro atoms. The van der Waals surface area contributed by atoms with E-state index in [0.29, 0.717) is 5.75 Å². The number of rotatable bonds is 4. The summed E-state index contributed by atoms with van der Waals surface area (Å²) in [6.45, 7) is 0. The minimum absolute atomic E-state index is 0.229. The third-order valence-electron chi connectivity index (χ3n) is 1.45. The quantitative estimate of drug-likeness (QED) is 0.737. The summed E-state index contributed by atoms with van der Waals surface area (Å²) in [6.07, 6.45) is 1.60. The lowest BCUT2D eigenvalue weighted by Gasteiger charge is -2.04. The Bertz CT molecular complexity index is 281. The van der Waals surface area contributed by atoms with Crippen LogP contribution in [0.15, 0.2) is 24.3 Å². The topological polar surface area (TPSA) is 35.5 Å². The number of hydrogen-bond donors (Lipinski definition) is 0. The Morgan fingerprint density at radius 3 is 2.23 bits per heavy atom. The highest BCUT2D eigenvalue weighted by Gasteiger charge is 1.95. The average molecular weight is 200 g/mol. The van der Waals surface area contributed by atoms with Crippen LogP contribution >= 0.6 is 0 Å². The molecule has 0 aliphatic carbocycles. The Labute approximate surface area is 80.1 Å². The highest BCUT2D eigenvalue weighted by molar-refractivity contribution is 7.84. The van der Waals surface area contributed by atoms with Crippen molar-refractivity contribution in [2.24, 2.45) is 0 Å². The number of methoxy groups -OCH3 is 1. The Morgan fingerprint density at radius 1 is 1.23 bits per heavy atom. The van der Waals surface area contributed by atoms with Crippen LogP contribution in [-0.2, 0) is 10.8 Å². The highest BCUT2D eigenvalue weighted by Crippen LogP contribution is 2.16. The predicted molar refractivity (Wildman–Crippen MR) is 52.6 cm³/mol. The Balaban J connectivity index is 2.54. The molecule has 0 fully saturated rings.